The summed E-state index contributed by atoms with van der Waals surface area (Å²) in [5.41, 5.74) is 4.24. The van der Waals surface area contributed by atoms with E-state index in [9.17, 15) is 4.79 Å². The molecule has 0 radical (unpaired) electrons. The Kier molecular flexibility index (Phi) is 5.08. The number of ether oxygens (including phenoxy) is 1. The van der Waals surface area contributed by atoms with Crippen molar-refractivity contribution >= 4 is 33.1 Å². The maximum absolute atomic E-state index is 13.0. The SMILES string of the molecule is CCc1cccc(OC)c1C(=O)Nc1cccc(-c2nc3ccccc3s2)c1. The number of fused-ring (bicyclic) bond motifs is 1. The average molecular weight is 388 g/mol. The van der Waals surface area contributed by atoms with Gasteiger partial charge in [-0.1, -0.05) is 43.3 Å². The van der Waals surface area contributed by atoms with Crippen LogP contribution in [0.3, 0.4) is 0 Å². The first kappa shape index (κ1) is 18.2. The molecule has 3 aromatic carbocycles. The van der Waals surface area contributed by atoms with Crippen molar-refractivity contribution in [3.63, 3.8) is 0 Å². The Hall–Kier alpha value is -3.18. The molecule has 0 aliphatic carbocycles. The van der Waals surface area contributed by atoms with Crippen LogP contribution in [0.2, 0.25) is 0 Å². The summed E-state index contributed by atoms with van der Waals surface area (Å²) in [4.78, 5) is 17.7. The zero-order chi connectivity index (χ0) is 19.5. The zero-order valence-corrected chi connectivity index (χ0v) is 16.5. The van der Waals surface area contributed by atoms with Gasteiger partial charge in [-0.3, -0.25) is 4.79 Å². The number of carbonyl (C=O) groups excluding carboxylic acids is 1. The molecule has 1 heterocycles. The number of aryl methyl sites for hydroxylation is 1. The second kappa shape index (κ2) is 7.82. The van der Waals surface area contributed by atoms with Gasteiger partial charge in [-0.05, 0) is 42.3 Å². The molecule has 0 unspecified atom stereocenters. The number of para-hydroxylation sites is 1. The summed E-state index contributed by atoms with van der Waals surface area (Å²) in [7, 11) is 1.58. The van der Waals surface area contributed by atoms with Crippen LogP contribution in [-0.2, 0) is 6.42 Å². The van der Waals surface area contributed by atoms with Gasteiger partial charge in [0.1, 0.15) is 10.8 Å². The summed E-state index contributed by atoms with van der Waals surface area (Å²) in [5.74, 6) is 0.412. The lowest BCUT2D eigenvalue weighted by Gasteiger charge is -2.13. The highest BCUT2D eigenvalue weighted by atomic mass is 32.1. The monoisotopic (exact) mass is 388 g/mol. The summed E-state index contributed by atoms with van der Waals surface area (Å²) < 4.78 is 6.55. The molecule has 4 rings (SSSR count). The molecule has 1 N–H and O–H groups in total. The molecule has 0 spiro atoms. The molecule has 28 heavy (non-hydrogen) atoms. The summed E-state index contributed by atoms with van der Waals surface area (Å²) in [6, 6.07) is 21.5. The van der Waals surface area contributed by atoms with Crippen molar-refractivity contribution in [1.29, 1.82) is 0 Å². The molecule has 0 saturated heterocycles. The second-order valence-electron chi connectivity index (χ2n) is 6.37. The molecule has 1 amide bonds. The molecule has 0 saturated carbocycles. The van der Waals surface area contributed by atoms with E-state index in [1.807, 2.05) is 67.6 Å². The Labute approximate surface area is 167 Å². The van der Waals surface area contributed by atoms with Crippen LogP contribution in [0.1, 0.15) is 22.8 Å². The molecule has 0 aliphatic heterocycles. The third-order valence-electron chi connectivity index (χ3n) is 4.60. The molecule has 5 heteroatoms. The van der Waals surface area contributed by atoms with E-state index in [2.05, 4.69) is 11.4 Å². The fourth-order valence-corrected chi connectivity index (χ4v) is 4.18. The molecule has 140 valence electrons. The number of anilines is 1. The minimum absolute atomic E-state index is 0.171. The minimum atomic E-state index is -0.171. The average Bonchev–Trinajstić information content (AvgIpc) is 3.17. The molecule has 0 aliphatic rings. The van der Waals surface area contributed by atoms with Gasteiger partial charge in [0.05, 0.1) is 22.9 Å². The Morgan fingerprint density at radius 1 is 1.07 bits per heavy atom. The summed E-state index contributed by atoms with van der Waals surface area (Å²) in [5, 5.41) is 3.94. The predicted molar refractivity (Wildman–Crippen MR) is 115 cm³/mol. The Bertz CT molecular complexity index is 1100. The van der Waals surface area contributed by atoms with Crippen LogP contribution in [0.25, 0.3) is 20.8 Å². The van der Waals surface area contributed by atoms with E-state index in [4.69, 9.17) is 9.72 Å². The predicted octanol–water partition coefficient (Wildman–Crippen LogP) is 5.79. The summed E-state index contributed by atoms with van der Waals surface area (Å²) in [6.07, 6.45) is 0.756. The molecule has 0 fully saturated rings. The lowest BCUT2D eigenvalue weighted by Crippen LogP contribution is -2.15. The number of amides is 1. The molecule has 0 bridgehead atoms. The Balaban J connectivity index is 1.65. The number of aromatic nitrogens is 1. The van der Waals surface area contributed by atoms with Crippen molar-refractivity contribution in [2.75, 3.05) is 12.4 Å². The summed E-state index contributed by atoms with van der Waals surface area (Å²) in [6.45, 7) is 2.03. The lowest BCUT2D eigenvalue weighted by atomic mass is 10.0. The number of methoxy groups -OCH3 is 1. The van der Waals surface area contributed by atoms with E-state index in [-0.39, 0.29) is 5.91 Å². The van der Waals surface area contributed by atoms with E-state index in [1.165, 1.54) is 0 Å². The van der Waals surface area contributed by atoms with Gasteiger partial charge < -0.3 is 10.1 Å². The van der Waals surface area contributed by atoms with Gasteiger partial charge in [0.2, 0.25) is 0 Å². The number of rotatable bonds is 5. The van der Waals surface area contributed by atoms with Crippen LogP contribution in [0.5, 0.6) is 5.75 Å². The third kappa shape index (κ3) is 3.49. The van der Waals surface area contributed by atoms with E-state index < -0.39 is 0 Å². The van der Waals surface area contributed by atoms with Crippen molar-refractivity contribution in [3.05, 3.63) is 77.9 Å². The molecule has 0 atom stereocenters. The first-order valence-corrected chi connectivity index (χ1v) is 9.94. The van der Waals surface area contributed by atoms with E-state index in [0.29, 0.717) is 11.3 Å². The fourth-order valence-electron chi connectivity index (χ4n) is 3.22. The summed E-state index contributed by atoms with van der Waals surface area (Å²) >= 11 is 1.64. The van der Waals surface area contributed by atoms with Crippen molar-refractivity contribution in [2.45, 2.75) is 13.3 Å². The number of hydrogen-bond acceptors (Lipinski definition) is 4. The first-order valence-electron chi connectivity index (χ1n) is 9.13. The second-order valence-corrected chi connectivity index (χ2v) is 7.40. The normalized spacial score (nSPS) is 10.8. The van der Waals surface area contributed by atoms with Crippen molar-refractivity contribution < 1.29 is 9.53 Å². The largest absolute Gasteiger partial charge is 0.496 e. The third-order valence-corrected chi connectivity index (χ3v) is 5.69. The number of hydrogen-bond donors (Lipinski definition) is 1. The highest BCUT2D eigenvalue weighted by Crippen LogP contribution is 2.31. The lowest BCUT2D eigenvalue weighted by molar-refractivity contribution is 0.102. The van der Waals surface area contributed by atoms with E-state index in [0.717, 1.165) is 38.5 Å². The van der Waals surface area contributed by atoms with Gasteiger partial charge in [0, 0.05) is 11.3 Å². The number of thiazole rings is 1. The Morgan fingerprint density at radius 2 is 1.89 bits per heavy atom. The van der Waals surface area contributed by atoms with E-state index >= 15 is 0 Å². The standard InChI is InChI=1S/C23H20N2O2S/c1-3-15-8-7-12-19(27-2)21(15)22(26)24-17-10-6-9-16(14-17)23-25-18-11-4-5-13-20(18)28-23/h4-14H,3H2,1-2H3,(H,24,26). The maximum atomic E-state index is 13.0. The molecule has 1 aromatic heterocycles. The van der Waals surface area contributed by atoms with Crippen LogP contribution in [-0.4, -0.2) is 18.0 Å². The van der Waals surface area contributed by atoms with Crippen LogP contribution < -0.4 is 10.1 Å². The minimum Gasteiger partial charge on any atom is -0.496 e. The highest BCUT2D eigenvalue weighted by Gasteiger charge is 2.17. The van der Waals surface area contributed by atoms with Crippen molar-refractivity contribution in [3.8, 4) is 16.3 Å². The number of nitrogens with one attached hydrogen (secondary N) is 1. The molecule has 4 nitrogen and oxygen atoms in total. The van der Waals surface area contributed by atoms with Gasteiger partial charge in [-0.2, -0.15) is 0 Å². The van der Waals surface area contributed by atoms with Crippen LogP contribution in [0.15, 0.2) is 66.7 Å². The van der Waals surface area contributed by atoms with Gasteiger partial charge >= 0.3 is 0 Å². The number of carbonyl (C=O) groups is 1. The smallest absolute Gasteiger partial charge is 0.259 e. The van der Waals surface area contributed by atoms with Gasteiger partial charge in [0.25, 0.3) is 5.91 Å². The van der Waals surface area contributed by atoms with Gasteiger partial charge in [0.15, 0.2) is 0 Å². The highest BCUT2D eigenvalue weighted by molar-refractivity contribution is 7.21. The first-order chi connectivity index (χ1) is 13.7. The fraction of sp³-hybridized carbons (Fsp3) is 0.130. The number of benzene rings is 3. The van der Waals surface area contributed by atoms with Crippen LogP contribution in [0.4, 0.5) is 5.69 Å². The quantitative estimate of drug-likeness (QED) is 0.471. The number of nitrogens with zero attached hydrogens (tertiary/aromatic N) is 1. The zero-order valence-electron chi connectivity index (χ0n) is 15.7. The Morgan fingerprint density at radius 3 is 2.68 bits per heavy atom. The van der Waals surface area contributed by atoms with Gasteiger partial charge in [-0.25, -0.2) is 4.98 Å². The van der Waals surface area contributed by atoms with E-state index in [1.54, 1.807) is 18.4 Å². The molecule has 4 aromatic rings. The topological polar surface area (TPSA) is 51.2 Å². The van der Waals surface area contributed by atoms with Gasteiger partial charge in [-0.15, -0.1) is 11.3 Å². The molecular weight excluding hydrogens is 368 g/mol. The van der Waals surface area contributed by atoms with Crippen LogP contribution in [0, 0.1) is 0 Å². The van der Waals surface area contributed by atoms with Crippen molar-refractivity contribution in [2.24, 2.45) is 0 Å². The van der Waals surface area contributed by atoms with Crippen molar-refractivity contribution in [1.82, 2.24) is 4.98 Å². The maximum Gasteiger partial charge on any atom is 0.259 e. The van der Waals surface area contributed by atoms with Crippen LogP contribution >= 0.6 is 11.3 Å². The molecular formula is C23H20N2O2S.